The van der Waals surface area contributed by atoms with Crippen LogP contribution in [0.25, 0.3) is 0 Å². The molecular weight excluding hydrogens is 304 g/mol. The number of furan rings is 1. The van der Waals surface area contributed by atoms with E-state index in [2.05, 4.69) is 0 Å². The van der Waals surface area contributed by atoms with E-state index in [0.29, 0.717) is 0 Å². The zero-order valence-corrected chi connectivity index (χ0v) is 14.4. The zero-order chi connectivity index (χ0) is 17.6. The second-order valence-electron chi connectivity index (χ2n) is 5.19. The Kier molecular flexibility index (Phi) is 6.93. The lowest BCUT2D eigenvalue weighted by Gasteiger charge is -2.14. The molecule has 1 aromatic heterocycles. The fourth-order valence-corrected chi connectivity index (χ4v) is 1.75. The van der Waals surface area contributed by atoms with E-state index < -0.39 is 11.9 Å². The topological polar surface area (TPSA) is 84.2 Å². The Morgan fingerprint density at radius 1 is 0.826 bits per heavy atom. The van der Waals surface area contributed by atoms with Gasteiger partial charge in [0.1, 0.15) is 0 Å². The van der Waals surface area contributed by atoms with E-state index in [1.807, 2.05) is 0 Å². The smallest absolute Gasteiger partial charge is 0.378 e. The van der Waals surface area contributed by atoms with Gasteiger partial charge in [0.05, 0.1) is 25.4 Å². The van der Waals surface area contributed by atoms with Crippen molar-refractivity contribution in [3.8, 4) is 11.5 Å². The van der Waals surface area contributed by atoms with Crippen molar-refractivity contribution in [3.05, 3.63) is 11.5 Å². The molecule has 0 fully saturated rings. The third-order valence-electron chi connectivity index (χ3n) is 2.45. The number of rotatable bonds is 8. The summed E-state index contributed by atoms with van der Waals surface area (Å²) in [5, 5.41) is 0. The predicted octanol–water partition coefficient (Wildman–Crippen LogP) is 3.21. The molecule has 130 valence electrons. The molecule has 0 atom stereocenters. The Hall–Kier alpha value is -2.18. The van der Waals surface area contributed by atoms with Gasteiger partial charge in [0, 0.05) is 0 Å². The van der Waals surface area contributed by atoms with Crippen molar-refractivity contribution in [2.24, 2.45) is 0 Å². The number of hydrogen-bond acceptors (Lipinski definition) is 7. The van der Waals surface area contributed by atoms with Gasteiger partial charge in [0.15, 0.2) is 0 Å². The van der Waals surface area contributed by atoms with Crippen LogP contribution in [0.4, 0.5) is 0 Å². The van der Waals surface area contributed by atoms with Crippen molar-refractivity contribution in [1.29, 1.82) is 0 Å². The van der Waals surface area contributed by atoms with E-state index in [-0.39, 0.29) is 48.4 Å². The van der Waals surface area contributed by atoms with Crippen LogP contribution < -0.4 is 9.47 Å². The predicted molar refractivity (Wildman–Crippen MR) is 82.1 cm³/mol. The fourth-order valence-electron chi connectivity index (χ4n) is 1.75. The van der Waals surface area contributed by atoms with Crippen molar-refractivity contribution < 1.29 is 33.0 Å². The maximum atomic E-state index is 12.1. The maximum absolute atomic E-state index is 12.1. The number of hydrogen-bond donors (Lipinski definition) is 0. The summed E-state index contributed by atoms with van der Waals surface area (Å²) in [7, 11) is 0. The molecule has 1 aromatic rings. The molecule has 0 saturated heterocycles. The summed E-state index contributed by atoms with van der Waals surface area (Å²) in [4.78, 5) is 24.2. The second-order valence-corrected chi connectivity index (χ2v) is 5.19. The molecule has 0 radical (unpaired) electrons. The molecule has 7 nitrogen and oxygen atoms in total. The van der Waals surface area contributed by atoms with E-state index >= 15 is 0 Å². The summed E-state index contributed by atoms with van der Waals surface area (Å²) in [6.45, 7) is 10.8. The fraction of sp³-hybridized carbons (Fsp3) is 0.625. The monoisotopic (exact) mass is 328 g/mol. The summed E-state index contributed by atoms with van der Waals surface area (Å²) >= 11 is 0. The highest BCUT2D eigenvalue weighted by atomic mass is 16.6. The molecule has 0 saturated carbocycles. The van der Waals surface area contributed by atoms with Crippen molar-refractivity contribution in [3.63, 3.8) is 0 Å². The highest BCUT2D eigenvalue weighted by Gasteiger charge is 2.34. The van der Waals surface area contributed by atoms with Crippen molar-refractivity contribution >= 4 is 11.9 Å². The van der Waals surface area contributed by atoms with Crippen LogP contribution in [0.1, 0.15) is 62.7 Å². The first-order valence-electron chi connectivity index (χ1n) is 7.66. The van der Waals surface area contributed by atoms with Gasteiger partial charge in [-0.05, 0) is 41.5 Å². The molecule has 0 aromatic carbocycles. The van der Waals surface area contributed by atoms with Crippen LogP contribution >= 0.6 is 0 Å². The number of carbonyl (C=O) groups excluding carboxylic acids is 2. The standard InChI is InChI=1S/C16H24O7/c1-7-19-15(17)13-11(21-9(3)4)12(22-10(5)6)14(23-13)16(18)20-8-2/h9-10H,7-8H2,1-6H3. The summed E-state index contributed by atoms with van der Waals surface area (Å²) in [6, 6.07) is 0. The highest BCUT2D eigenvalue weighted by molar-refractivity contribution is 5.97. The van der Waals surface area contributed by atoms with Crippen molar-refractivity contribution in [2.45, 2.75) is 53.8 Å². The van der Waals surface area contributed by atoms with Crippen LogP contribution in [0.5, 0.6) is 11.5 Å². The first-order chi connectivity index (χ1) is 10.8. The minimum Gasteiger partial charge on any atom is -0.483 e. The van der Waals surface area contributed by atoms with Gasteiger partial charge < -0.3 is 23.4 Å². The van der Waals surface area contributed by atoms with Gasteiger partial charge in [-0.15, -0.1) is 0 Å². The largest absolute Gasteiger partial charge is 0.483 e. The molecule has 0 N–H and O–H groups in total. The summed E-state index contributed by atoms with van der Waals surface area (Å²) in [6.07, 6.45) is -0.518. The van der Waals surface area contributed by atoms with Gasteiger partial charge in [-0.1, -0.05) is 0 Å². The lowest BCUT2D eigenvalue weighted by molar-refractivity contribution is 0.0449. The Balaban J connectivity index is 3.43. The van der Waals surface area contributed by atoms with Crippen molar-refractivity contribution in [2.75, 3.05) is 13.2 Å². The Morgan fingerprint density at radius 2 is 1.17 bits per heavy atom. The molecule has 23 heavy (non-hydrogen) atoms. The highest BCUT2D eigenvalue weighted by Crippen LogP contribution is 2.40. The Morgan fingerprint density at radius 3 is 1.43 bits per heavy atom. The van der Waals surface area contributed by atoms with Gasteiger partial charge in [-0.25, -0.2) is 9.59 Å². The van der Waals surface area contributed by atoms with Crippen molar-refractivity contribution in [1.82, 2.24) is 0 Å². The minimum absolute atomic E-state index is 0.0511. The average molecular weight is 328 g/mol. The first kappa shape index (κ1) is 18.9. The molecule has 0 unspecified atom stereocenters. The van der Waals surface area contributed by atoms with E-state index in [9.17, 15) is 9.59 Å². The summed E-state index contributed by atoms with van der Waals surface area (Å²) < 4.78 is 26.5. The molecule has 0 aliphatic carbocycles. The molecule has 1 rings (SSSR count). The third-order valence-corrected chi connectivity index (χ3v) is 2.45. The molecule has 7 heteroatoms. The van der Waals surface area contributed by atoms with E-state index in [1.54, 1.807) is 41.5 Å². The third kappa shape index (κ3) is 4.91. The van der Waals surface area contributed by atoms with E-state index in [4.69, 9.17) is 23.4 Å². The SMILES string of the molecule is CCOC(=O)c1oc(C(=O)OCC)c(OC(C)C)c1OC(C)C. The van der Waals surface area contributed by atoms with Gasteiger partial charge in [-0.2, -0.15) is 0 Å². The average Bonchev–Trinajstić information content (AvgIpc) is 2.77. The number of esters is 2. The van der Waals surface area contributed by atoms with Crippen LogP contribution in [0.3, 0.4) is 0 Å². The summed E-state index contributed by atoms with van der Waals surface area (Å²) in [5.74, 6) is -1.77. The molecule has 0 amide bonds. The van der Waals surface area contributed by atoms with Crippen LogP contribution in [-0.4, -0.2) is 37.4 Å². The molecular formula is C16H24O7. The van der Waals surface area contributed by atoms with E-state index in [1.165, 1.54) is 0 Å². The molecule has 0 aliphatic heterocycles. The van der Waals surface area contributed by atoms with Crippen LogP contribution in [0.15, 0.2) is 4.42 Å². The zero-order valence-electron chi connectivity index (χ0n) is 14.4. The quantitative estimate of drug-likeness (QED) is 0.677. The summed E-state index contributed by atoms with van der Waals surface area (Å²) in [5.41, 5.74) is 0. The number of ether oxygens (including phenoxy) is 4. The van der Waals surface area contributed by atoms with Gasteiger partial charge >= 0.3 is 11.9 Å². The first-order valence-corrected chi connectivity index (χ1v) is 7.66. The lowest BCUT2D eigenvalue weighted by atomic mass is 10.3. The van der Waals surface area contributed by atoms with Crippen LogP contribution in [-0.2, 0) is 9.47 Å². The van der Waals surface area contributed by atoms with Crippen LogP contribution in [0, 0.1) is 0 Å². The lowest BCUT2D eigenvalue weighted by Crippen LogP contribution is -2.14. The maximum Gasteiger partial charge on any atom is 0.378 e. The minimum atomic E-state index is -0.729. The Bertz CT molecular complexity index is 496. The number of carbonyl (C=O) groups is 2. The van der Waals surface area contributed by atoms with Gasteiger partial charge in [0.25, 0.3) is 11.5 Å². The molecule has 1 heterocycles. The van der Waals surface area contributed by atoms with Crippen LogP contribution in [0.2, 0.25) is 0 Å². The molecule has 0 bridgehead atoms. The van der Waals surface area contributed by atoms with Gasteiger partial charge in [-0.3, -0.25) is 0 Å². The van der Waals surface area contributed by atoms with Gasteiger partial charge in [0.2, 0.25) is 11.5 Å². The second kappa shape index (κ2) is 8.45. The normalized spacial score (nSPS) is 10.8. The Labute approximate surface area is 135 Å². The van der Waals surface area contributed by atoms with E-state index in [0.717, 1.165) is 0 Å². The molecule has 0 spiro atoms. The molecule has 0 aliphatic rings.